The minimum atomic E-state index is -0.795. The van der Waals surface area contributed by atoms with E-state index in [9.17, 15) is 14.7 Å². The van der Waals surface area contributed by atoms with Crippen molar-refractivity contribution in [2.75, 3.05) is 46.0 Å². The predicted octanol–water partition coefficient (Wildman–Crippen LogP) is 2.91. The van der Waals surface area contributed by atoms with Crippen LogP contribution >= 0.6 is 0 Å². The number of carbonyl (C=O) groups excluding carboxylic acids is 2. The van der Waals surface area contributed by atoms with E-state index in [1.807, 2.05) is 0 Å². The number of furan rings is 1. The van der Waals surface area contributed by atoms with Crippen molar-refractivity contribution in [3.05, 3.63) is 71.7 Å². The van der Waals surface area contributed by atoms with E-state index >= 15 is 0 Å². The Morgan fingerprint density at radius 2 is 1.88 bits per heavy atom. The van der Waals surface area contributed by atoms with E-state index in [-0.39, 0.29) is 11.3 Å². The molecule has 0 radical (unpaired) electrons. The lowest BCUT2D eigenvalue weighted by Crippen LogP contribution is -2.42. The summed E-state index contributed by atoms with van der Waals surface area (Å²) in [7, 11) is 0. The van der Waals surface area contributed by atoms with Crippen LogP contribution in [-0.2, 0) is 14.3 Å². The normalized spacial score (nSPS) is 20.9. The molecule has 0 aliphatic carbocycles. The molecule has 0 bridgehead atoms. The number of amides is 1. The highest BCUT2D eigenvalue weighted by atomic mass is 16.5. The lowest BCUT2D eigenvalue weighted by molar-refractivity contribution is -0.140. The number of carbonyl (C=O) groups is 2. The molecular weight excluding hydrogens is 424 g/mol. The molecule has 8 heteroatoms. The molecule has 8 nitrogen and oxygen atoms in total. The number of aryl methyl sites for hydroxylation is 1. The molecule has 1 amide bonds. The highest BCUT2D eigenvalue weighted by molar-refractivity contribution is 6.46. The Kier molecular flexibility index (Phi) is 6.96. The molecule has 0 saturated carbocycles. The summed E-state index contributed by atoms with van der Waals surface area (Å²) in [6, 6.07) is 9.42. The van der Waals surface area contributed by atoms with Crippen LogP contribution in [0.15, 0.2) is 59.0 Å². The largest absolute Gasteiger partial charge is 0.507 e. The molecule has 1 unspecified atom stereocenters. The van der Waals surface area contributed by atoms with Gasteiger partial charge < -0.3 is 23.9 Å². The first-order valence-electron chi connectivity index (χ1n) is 11.0. The molecule has 2 aromatic rings. The van der Waals surface area contributed by atoms with Gasteiger partial charge in [0.25, 0.3) is 11.7 Å². The first-order chi connectivity index (χ1) is 16.0. The topological polar surface area (TPSA) is 92.5 Å². The minimum absolute atomic E-state index is 0.0242. The quantitative estimate of drug-likeness (QED) is 0.285. The van der Waals surface area contributed by atoms with Gasteiger partial charge in [0.05, 0.1) is 18.8 Å². The molecule has 3 heterocycles. The van der Waals surface area contributed by atoms with Crippen LogP contribution in [-0.4, -0.2) is 72.6 Å². The molecule has 33 heavy (non-hydrogen) atoms. The van der Waals surface area contributed by atoms with Crippen LogP contribution in [0.2, 0.25) is 0 Å². The SMILES string of the molecule is C=CCOc1ccc(/C(O)=C2\C(=O)C(=O)N(CCN3CCOCC3)C2c2ccc(C)o2)cc1. The molecule has 174 valence electrons. The fourth-order valence-electron chi connectivity index (χ4n) is 4.10. The Bertz CT molecular complexity index is 1050. The zero-order valence-electron chi connectivity index (χ0n) is 18.7. The fourth-order valence-corrected chi connectivity index (χ4v) is 4.10. The second-order valence-corrected chi connectivity index (χ2v) is 8.02. The average molecular weight is 453 g/mol. The summed E-state index contributed by atoms with van der Waals surface area (Å²) in [4.78, 5) is 29.7. The van der Waals surface area contributed by atoms with Gasteiger partial charge in [-0.15, -0.1) is 0 Å². The number of Topliss-reactive ketones (excluding diaryl/α,β-unsaturated/α-hetero) is 1. The Morgan fingerprint density at radius 1 is 1.15 bits per heavy atom. The van der Waals surface area contributed by atoms with Crippen molar-refractivity contribution in [1.29, 1.82) is 0 Å². The van der Waals surface area contributed by atoms with Crippen molar-refractivity contribution in [3.63, 3.8) is 0 Å². The molecule has 2 aliphatic heterocycles. The van der Waals surface area contributed by atoms with Crippen LogP contribution in [0, 0.1) is 6.92 Å². The number of aliphatic hydroxyl groups is 1. The van der Waals surface area contributed by atoms with Crippen LogP contribution in [0.25, 0.3) is 5.76 Å². The van der Waals surface area contributed by atoms with Crippen LogP contribution in [0.1, 0.15) is 23.1 Å². The van der Waals surface area contributed by atoms with Gasteiger partial charge >= 0.3 is 0 Å². The zero-order chi connectivity index (χ0) is 23.4. The Hall–Kier alpha value is -3.36. The first-order valence-corrected chi connectivity index (χ1v) is 11.0. The lowest BCUT2D eigenvalue weighted by Gasteiger charge is -2.30. The highest BCUT2D eigenvalue weighted by Crippen LogP contribution is 2.40. The maximum absolute atomic E-state index is 13.1. The van der Waals surface area contributed by atoms with Crippen molar-refractivity contribution in [1.82, 2.24) is 9.80 Å². The Morgan fingerprint density at radius 3 is 2.52 bits per heavy atom. The van der Waals surface area contributed by atoms with Gasteiger partial charge in [-0.05, 0) is 43.3 Å². The van der Waals surface area contributed by atoms with Gasteiger partial charge in [-0.3, -0.25) is 14.5 Å². The Labute approximate surface area is 192 Å². The number of likely N-dealkylation sites (tertiary alicyclic amines) is 1. The van der Waals surface area contributed by atoms with Crippen LogP contribution in [0.3, 0.4) is 0 Å². The van der Waals surface area contributed by atoms with Crippen molar-refractivity contribution in [2.45, 2.75) is 13.0 Å². The second kappa shape index (κ2) is 10.1. The number of ether oxygens (including phenoxy) is 2. The van der Waals surface area contributed by atoms with E-state index in [0.717, 1.165) is 13.1 Å². The summed E-state index contributed by atoms with van der Waals surface area (Å²) in [5, 5.41) is 11.1. The molecular formula is C25H28N2O6. The monoisotopic (exact) mass is 452 g/mol. The van der Waals surface area contributed by atoms with E-state index in [2.05, 4.69) is 11.5 Å². The van der Waals surface area contributed by atoms with Gasteiger partial charge in [-0.25, -0.2) is 0 Å². The highest BCUT2D eigenvalue weighted by Gasteiger charge is 2.47. The number of hydrogen-bond acceptors (Lipinski definition) is 7. The zero-order valence-corrected chi connectivity index (χ0v) is 18.7. The molecule has 0 spiro atoms. The first kappa shape index (κ1) is 22.8. The number of ketones is 1. The van der Waals surface area contributed by atoms with Crippen molar-refractivity contribution >= 4 is 17.4 Å². The van der Waals surface area contributed by atoms with Gasteiger partial charge in [0.15, 0.2) is 0 Å². The molecule has 1 aromatic heterocycles. The number of nitrogens with zero attached hydrogens (tertiary/aromatic N) is 2. The molecule has 2 saturated heterocycles. The Balaban J connectivity index is 1.66. The van der Waals surface area contributed by atoms with E-state index in [1.165, 1.54) is 4.90 Å². The third kappa shape index (κ3) is 4.86. The lowest BCUT2D eigenvalue weighted by atomic mass is 9.99. The van der Waals surface area contributed by atoms with E-state index in [1.54, 1.807) is 49.4 Å². The summed E-state index contributed by atoms with van der Waals surface area (Å²) in [6.07, 6.45) is 1.64. The van der Waals surface area contributed by atoms with Crippen LogP contribution in [0.5, 0.6) is 5.75 Å². The van der Waals surface area contributed by atoms with Crippen molar-refractivity contribution in [3.8, 4) is 5.75 Å². The minimum Gasteiger partial charge on any atom is -0.507 e. The number of morpholine rings is 1. The van der Waals surface area contributed by atoms with Gasteiger partial charge in [0.1, 0.15) is 35.7 Å². The molecule has 1 N–H and O–H groups in total. The number of benzene rings is 1. The summed E-state index contributed by atoms with van der Waals surface area (Å²) < 4.78 is 16.7. The number of hydrogen-bond donors (Lipinski definition) is 1. The van der Waals surface area contributed by atoms with Crippen molar-refractivity contribution in [2.24, 2.45) is 0 Å². The molecule has 4 rings (SSSR count). The van der Waals surface area contributed by atoms with E-state index in [0.29, 0.717) is 55.7 Å². The fraction of sp³-hybridized carbons (Fsp3) is 0.360. The van der Waals surface area contributed by atoms with E-state index < -0.39 is 17.7 Å². The standard InChI is InChI=1S/C25H28N2O6/c1-3-14-32-19-7-5-18(6-8-19)23(28)21-22(20-9-4-17(2)33-20)27(25(30)24(21)29)11-10-26-12-15-31-16-13-26/h3-9,22,28H,1,10-16H2,2H3/b23-21+. The van der Waals surface area contributed by atoms with Crippen LogP contribution in [0.4, 0.5) is 0 Å². The third-order valence-corrected chi connectivity index (χ3v) is 5.83. The summed E-state index contributed by atoms with van der Waals surface area (Å²) in [6.45, 7) is 9.54. The van der Waals surface area contributed by atoms with Gasteiger partial charge in [-0.1, -0.05) is 12.7 Å². The molecule has 2 aliphatic rings. The van der Waals surface area contributed by atoms with Gasteiger partial charge in [-0.2, -0.15) is 0 Å². The van der Waals surface area contributed by atoms with Gasteiger partial charge in [0, 0.05) is 31.7 Å². The molecule has 1 aromatic carbocycles. The second-order valence-electron chi connectivity index (χ2n) is 8.02. The van der Waals surface area contributed by atoms with Crippen LogP contribution < -0.4 is 4.74 Å². The average Bonchev–Trinajstić information content (AvgIpc) is 3.37. The molecule has 1 atom stereocenters. The maximum Gasteiger partial charge on any atom is 0.295 e. The van der Waals surface area contributed by atoms with Crippen molar-refractivity contribution < 1.29 is 28.6 Å². The summed E-state index contributed by atoms with van der Waals surface area (Å²) in [5.41, 5.74) is 0.441. The summed E-state index contributed by atoms with van der Waals surface area (Å²) >= 11 is 0. The smallest absolute Gasteiger partial charge is 0.295 e. The number of rotatable bonds is 8. The van der Waals surface area contributed by atoms with Gasteiger partial charge in [0.2, 0.25) is 0 Å². The third-order valence-electron chi connectivity index (χ3n) is 5.83. The van der Waals surface area contributed by atoms with E-state index in [4.69, 9.17) is 13.9 Å². The number of aliphatic hydroxyl groups excluding tert-OH is 1. The predicted molar refractivity (Wildman–Crippen MR) is 122 cm³/mol. The molecule has 2 fully saturated rings. The maximum atomic E-state index is 13.1. The summed E-state index contributed by atoms with van der Waals surface area (Å²) in [5.74, 6) is 0.108.